The van der Waals surface area contributed by atoms with Crippen molar-refractivity contribution in [3.63, 3.8) is 0 Å². The van der Waals surface area contributed by atoms with Gasteiger partial charge in [0.2, 0.25) is 0 Å². The van der Waals surface area contributed by atoms with Crippen molar-refractivity contribution in [3.05, 3.63) is 23.8 Å². The summed E-state index contributed by atoms with van der Waals surface area (Å²) in [6.07, 6.45) is 0. The molecule has 0 atom stereocenters. The summed E-state index contributed by atoms with van der Waals surface area (Å²) in [7, 11) is 1.28. The number of carboxylic acid groups (broad SMARTS) is 1. The van der Waals surface area contributed by atoms with E-state index in [1.54, 1.807) is 0 Å². The van der Waals surface area contributed by atoms with E-state index in [0.717, 1.165) is 11.0 Å². The van der Waals surface area contributed by atoms with E-state index in [0.29, 0.717) is 0 Å². The third-order valence-electron chi connectivity index (χ3n) is 2.83. The van der Waals surface area contributed by atoms with Gasteiger partial charge in [0.25, 0.3) is 5.91 Å². The molecule has 0 aromatic heterocycles. The van der Waals surface area contributed by atoms with Crippen molar-refractivity contribution < 1.29 is 33.0 Å². The van der Waals surface area contributed by atoms with Crippen LogP contribution >= 0.6 is 0 Å². The first-order chi connectivity index (χ1) is 10.7. The fourth-order valence-corrected chi connectivity index (χ4v) is 2.00. The quantitative estimate of drug-likeness (QED) is 0.792. The molecule has 8 heteroatoms. The van der Waals surface area contributed by atoms with E-state index in [9.17, 15) is 18.4 Å². The van der Waals surface area contributed by atoms with Crippen LogP contribution in [0.25, 0.3) is 0 Å². The molecule has 0 radical (unpaired) electrons. The first kappa shape index (κ1) is 18.7. The van der Waals surface area contributed by atoms with Gasteiger partial charge in [0.1, 0.15) is 6.54 Å². The average Bonchev–Trinajstić information content (AvgIpc) is 2.44. The number of carbonyl (C=O) groups excluding carboxylic acids is 1. The second-order valence-electron chi connectivity index (χ2n) is 5.22. The number of benzene rings is 1. The zero-order valence-corrected chi connectivity index (χ0v) is 13.1. The first-order valence-electron chi connectivity index (χ1n) is 6.88. The second-order valence-corrected chi connectivity index (χ2v) is 5.22. The van der Waals surface area contributed by atoms with Gasteiger partial charge in [-0.1, -0.05) is 13.8 Å². The zero-order chi connectivity index (χ0) is 17.6. The number of methoxy groups -OCH3 is 1. The molecule has 1 aromatic rings. The minimum atomic E-state index is -3.07. The van der Waals surface area contributed by atoms with E-state index in [2.05, 4.69) is 4.74 Å². The van der Waals surface area contributed by atoms with Crippen LogP contribution in [-0.4, -0.2) is 48.7 Å². The molecule has 0 saturated carbocycles. The highest BCUT2D eigenvalue weighted by atomic mass is 19.3. The van der Waals surface area contributed by atoms with Crippen molar-refractivity contribution in [2.75, 3.05) is 20.2 Å². The Morgan fingerprint density at radius 3 is 2.39 bits per heavy atom. The molecule has 0 saturated heterocycles. The molecule has 0 heterocycles. The molecule has 0 aliphatic carbocycles. The molecule has 128 valence electrons. The lowest BCUT2D eigenvalue weighted by Crippen LogP contribution is -2.38. The van der Waals surface area contributed by atoms with Crippen LogP contribution < -0.4 is 9.47 Å². The van der Waals surface area contributed by atoms with Gasteiger partial charge in [0.15, 0.2) is 11.5 Å². The minimum Gasteiger partial charge on any atom is -0.493 e. The molecule has 0 fully saturated rings. The van der Waals surface area contributed by atoms with Crippen molar-refractivity contribution in [1.82, 2.24) is 4.90 Å². The summed E-state index contributed by atoms with van der Waals surface area (Å²) in [5, 5.41) is 8.91. The fourth-order valence-electron chi connectivity index (χ4n) is 2.00. The number of nitrogens with zero attached hydrogens (tertiary/aromatic N) is 1. The first-order valence-corrected chi connectivity index (χ1v) is 6.88. The fraction of sp³-hybridized carbons (Fsp3) is 0.467. The van der Waals surface area contributed by atoms with Crippen molar-refractivity contribution in [2.45, 2.75) is 20.5 Å². The maximum absolute atomic E-state index is 12.4. The van der Waals surface area contributed by atoms with Crippen LogP contribution in [0.3, 0.4) is 0 Å². The molecule has 0 bridgehead atoms. The number of carboxylic acids is 1. The number of halogens is 2. The molecular formula is C15H19F2NO5. The minimum absolute atomic E-state index is 0.0448. The van der Waals surface area contributed by atoms with Crippen LogP contribution in [0.15, 0.2) is 18.2 Å². The van der Waals surface area contributed by atoms with Crippen LogP contribution in [-0.2, 0) is 4.79 Å². The number of hydrogen-bond donors (Lipinski definition) is 1. The predicted molar refractivity (Wildman–Crippen MR) is 78.0 cm³/mol. The lowest BCUT2D eigenvalue weighted by Gasteiger charge is -2.23. The number of carbonyl (C=O) groups is 2. The highest BCUT2D eigenvalue weighted by molar-refractivity contribution is 5.96. The number of alkyl halides is 2. The van der Waals surface area contributed by atoms with Gasteiger partial charge in [0.05, 0.1) is 7.11 Å². The summed E-state index contributed by atoms with van der Waals surface area (Å²) in [5.74, 6) is -1.92. The summed E-state index contributed by atoms with van der Waals surface area (Å²) in [6.45, 7) is 0.347. The van der Waals surface area contributed by atoms with Crippen molar-refractivity contribution >= 4 is 11.9 Å². The smallest absolute Gasteiger partial charge is 0.387 e. The maximum atomic E-state index is 12.4. The Bertz CT molecular complexity index is 563. The Hall–Kier alpha value is -2.38. The monoisotopic (exact) mass is 331 g/mol. The van der Waals surface area contributed by atoms with Gasteiger partial charge in [-0.3, -0.25) is 9.59 Å². The van der Waals surface area contributed by atoms with E-state index >= 15 is 0 Å². The van der Waals surface area contributed by atoms with E-state index < -0.39 is 25.0 Å². The van der Waals surface area contributed by atoms with E-state index in [4.69, 9.17) is 9.84 Å². The normalized spacial score (nSPS) is 10.7. The predicted octanol–water partition coefficient (Wildman–Crippen LogP) is 2.48. The van der Waals surface area contributed by atoms with Gasteiger partial charge in [-0.05, 0) is 24.1 Å². The van der Waals surface area contributed by atoms with E-state index in [-0.39, 0.29) is 29.5 Å². The number of aliphatic carboxylic acids is 1. The van der Waals surface area contributed by atoms with Gasteiger partial charge < -0.3 is 19.5 Å². The third-order valence-corrected chi connectivity index (χ3v) is 2.83. The van der Waals surface area contributed by atoms with Gasteiger partial charge in [-0.25, -0.2) is 0 Å². The number of rotatable bonds is 8. The summed E-state index contributed by atoms with van der Waals surface area (Å²) in [6, 6.07) is 3.80. The lowest BCUT2D eigenvalue weighted by atomic mass is 10.1. The van der Waals surface area contributed by atoms with Gasteiger partial charge in [-0.15, -0.1) is 0 Å². The Balaban J connectivity index is 3.10. The van der Waals surface area contributed by atoms with Crippen LogP contribution in [0, 0.1) is 5.92 Å². The molecule has 6 nitrogen and oxygen atoms in total. The lowest BCUT2D eigenvalue weighted by molar-refractivity contribution is -0.137. The molecule has 1 rings (SSSR count). The molecule has 0 aliphatic heterocycles. The standard InChI is InChI=1S/C15H19F2NO5/c1-9(2)7-18(8-13(19)20)14(21)10-4-5-11(22-3)12(6-10)23-15(16)17/h4-6,9,15H,7-8H2,1-3H3,(H,19,20). The molecule has 0 spiro atoms. The molecule has 23 heavy (non-hydrogen) atoms. The van der Waals surface area contributed by atoms with Crippen LogP contribution in [0.5, 0.6) is 11.5 Å². The zero-order valence-electron chi connectivity index (χ0n) is 13.1. The summed E-state index contributed by atoms with van der Waals surface area (Å²) in [4.78, 5) is 24.5. The van der Waals surface area contributed by atoms with Crippen LogP contribution in [0.2, 0.25) is 0 Å². The topological polar surface area (TPSA) is 76.1 Å². The molecule has 0 aliphatic rings. The van der Waals surface area contributed by atoms with Crippen LogP contribution in [0.1, 0.15) is 24.2 Å². The largest absolute Gasteiger partial charge is 0.493 e. The highest BCUT2D eigenvalue weighted by Gasteiger charge is 2.21. The third kappa shape index (κ3) is 5.72. The summed E-state index contributed by atoms with van der Waals surface area (Å²) >= 11 is 0. The summed E-state index contributed by atoms with van der Waals surface area (Å²) < 4.78 is 34.1. The number of amides is 1. The molecular weight excluding hydrogens is 312 g/mol. The maximum Gasteiger partial charge on any atom is 0.387 e. The Labute approximate surface area is 132 Å². The Morgan fingerprint density at radius 1 is 1.26 bits per heavy atom. The molecule has 1 aromatic carbocycles. The summed E-state index contributed by atoms with van der Waals surface area (Å²) in [5.41, 5.74) is 0.0448. The molecule has 0 unspecified atom stereocenters. The number of hydrogen-bond acceptors (Lipinski definition) is 4. The van der Waals surface area contributed by atoms with Gasteiger partial charge in [0, 0.05) is 12.1 Å². The van der Waals surface area contributed by atoms with Gasteiger partial charge in [-0.2, -0.15) is 8.78 Å². The van der Waals surface area contributed by atoms with E-state index in [1.165, 1.54) is 19.2 Å². The Kier molecular flexibility index (Phi) is 6.74. The number of ether oxygens (including phenoxy) is 2. The highest BCUT2D eigenvalue weighted by Crippen LogP contribution is 2.30. The van der Waals surface area contributed by atoms with E-state index in [1.807, 2.05) is 13.8 Å². The van der Waals surface area contributed by atoms with Gasteiger partial charge >= 0.3 is 12.6 Å². The molecule has 1 amide bonds. The van der Waals surface area contributed by atoms with Crippen molar-refractivity contribution in [1.29, 1.82) is 0 Å². The molecule has 1 N–H and O–H groups in total. The van der Waals surface area contributed by atoms with Crippen molar-refractivity contribution in [2.24, 2.45) is 5.92 Å². The van der Waals surface area contributed by atoms with Crippen LogP contribution in [0.4, 0.5) is 8.78 Å². The SMILES string of the molecule is COc1ccc(C(=O)N(CC(=O)O)CC(C)C)cc1OC(F)F. The Morgan fingerprint density at radius 2 is 1.91 bits per heavy atom. The van der Waals surface area contributed by atoms with Crippen molar-refractivity contribution in [3.8, 4) is 11.5 Å². The second kappa shape index (κ2) is 8.30. The average molecular weight is 331 g/mol.